The molecular weight excluding hydrogens is 428 g/mol. The summed E-state index contributed by atoms with van der Waals surface area (Å²) in [5, 5.41) is 10.9. The first-order valence-corrected chi connectivity index (χ1v) is 12.5. The average molecular weight is 467 g/mol. The highest BCUT2D eigenvalue weighted by Gasteiger charge is 2.20. The minimum atomic E-state index is 0.182. The number of piperazine rings is 1. The molecule has 7 nitrogen and oxygen atoms in total. The largest absolute Gasteiger partial charge is 0.506 e. The van der Waals surface area contributed by atoms with Crippen molar-refractivity contribution in [3.8, 4) is 17.4 Å². The first-order chi connectivity index (χ1) is 16.7. The third-order valence-corrected chi connectivity index (χ3v) is 5.68. The van der Waals surface area contributed by atoms with Gasteiger partial charge >= 0.3 is 0 Å². The van der Waals surface area contributed by atoms with Crippen LogP contribution in [0.5, 0.6) is 17.4 Å². The molecule has 4 rings (SSSR count). The second kappa shape index (κ2) is 13.6. The number of rotatable bonds is 10. The van der Waals surface area contributed by atoms with Gasteiger partial charge < -0.3 is 19.5 Å². The maximum atomic E-state index is 9.96. The maximum Gasteiger partial charge on any atom is 0.213 e. The van der Waals surface area contributed by atoms with Crippen LogP contribution in [0.3, 0.4) is 0 Å². The van der Waals surface area contributed by atoms with E-state index in [0.29, 0.717) is 18.0 Å². The molecule has 1 N–H and O–H groups in total. The van der Waals surface area contributed by atoms with Gasteiger partial charge in [-0.3, -0.25) is 4.90 Å². The normalized spacial score (nSPS) is 13.9. The van der Waals surface area contributed by atoms with E-state index in [1.165, 1.54) is 0 Å². The Morgan fingerprint density at radius 2 is 1.74 bits per heavy atom. The van der Waals surface area contributed by atoms with E-state index < -0.39 is 0 Å². The molecule has 7 heteroatoms. The first kappa shape index (κ1) is 25.6. The van der Waals surface area contributed by atoms with Crippen molar-refractivity contribution in [3.63, 3.8) is 0 Å². The fraction of sp³-hybridized carbons (Fsp3) is 0.481. The van der Waals surface area contributed by atoms with Gasteiger partial charge in [0, 0.05) is 43.8 Å². The van der Waals surface area contributed by atoms with E-state index in [0.717, 1.165) is 75.5 Å². The molecule has 0 spiro atoms. The van der Waals surface area contributed by atoms with E-state index in [-0.39, 0.29) is 5.75 Å². The zero-order chi connectivity index (χ0) is 24.2. The van der Waals surface area contributed by atoms with Gasteiger partial charge in [-0.1, -0.05) is 32.9 Å². The maximum absolute atomic E-state index is 9.96. The van der Waals surface area contributed by atoms with Gasteiger partial charge in [0.05, 0.1) is 13.2 Å². The van der Waals surface area contributed by atoms with Gasteiger partial charge in [-0.2, -0.15) is 0 Å². The van der Waals surface area contributed by atoms with Gasteiger partial charge in [-0.25, -0.2) is 9.97 Å². The molecule has 1 aliphatic heterocycles. The predicted molar refractivity (Wildman–Crippen MR) is 138 cm³/mol. The van der Waals surface area contributed by atoms with Crippen LogP contribution in [0.2, 0.25) is 0 Å². The van der Waals surface area contributed by atoms with Crippen molar-refractivity contribution in [1.29, 1.82) is 0 Å². The Hall–Kier alpha value is -3.06. The Morgan fingerprint density at radius 3 is 2.53 bits per heavy atom. The minimum absolute atomic E-state index is 0.182. The van der Waals surface area contributed by atoms with Crippen molar-refractivity contribution in [2.24, 2.45) is 0 Å². The highest BCUT2D eigenvalue weighted by molar-refractivity contribution is 5.84. The second-order valence-electron chi connectivity index (χ2n) is 8.06. The first-order valence-electron chi connectivity index (χ1n) is 12.5. The molecule has 0 amide bonds. The van der Waals surface area contributed by atoms with Crippen LogP contribution in [0, 0.1) is 0 Å². The number of fused-ring (bicyclic) bond motifs is 1. The predicted octanol–water partition coefficient (Wildman–Crippen LogP) is 5.13. The smallest absolute Gasteiger partial charge is 0.213 e. The number of hydrogen-bond acceptors (Lipinski definition) is 7. The monoisotopic (exact) mass is 466 g/mol. The zero-order valence-electron chi connectivity index (χ0n) is 20.7. The van der Waals surface area contributed by atoms with Crippen LogP contribution >= 0.6 is 0 Å². The SMILES string of the molecule is CC.CCCOc1cccnc1N1CCN(CCCCOc2ccc3cccc(O)c3n2)CC1. The summed E-state index contributed by atoms with van der Waals surface area (Å²) in [5.74, 6) is 2.59. The molecule has 2 aromatic heterocycles. The van der Waals surface area contributed by atoms with Gasteiger partial charge in [0.15, 0.2) is 11.6 Å². The Morgan fingerprint density at radius 1 is 0.912 bits per heavy atom. The van der Waals surface area contributed by atoms with Crippen LogP contribution in [-0.2, 0) is 0 Å². The zero-order valence-corrected chi connectivity index (χ0v) is 20.7. The summed E-state index contributed by atoms with van der Waals surface area (Å²) in [6.07, 6.45) is 4.88. The quantitative estimate of drug-likeness (QED) is 0.415. The van der Waals surface area contributed by atoms with Gasteiger partial charge in [-0.15, -0.1) is 0 Å². The van der Waals surface area contributed by atoms with Gasteiger partial charge in [0.1, 0.15) is 11.3 Å². The third kappa shape index (κ3) is 6.97. The molecule has 0 radical (unpaired) electrons. The number of benzene rings is 1. The summed E-state index contributed by atoms with van der Waals surface area (Å²) in [5.41, 5.74) is 0.582. The number of nitrogens with zero attached hydrogens (tertiary/aromatic N) is 4. The molecule has 0 saturated carbocycles. The van der Waals surface area contributed by atoms with Gasteiger partial charge in [0.25, 0.3) is 0 Å². The van der Waals surface area contributed by atoms with Crippen molar-refractivity contribution >= 4 is 16.7 Å². The standard InChI is InChI=1S/C25H32N4O3.C2H6/c1-2-18-31-22-9-6-12-26-25(22)29-16-14-28(15-17-29)13-3-4-19-32-23-11-10-20-7-5-8-21(30)24(20)27-23;1-2/h5-12,30H,2-4,13-19H2,1H3;1-2H3. The fourth-order valence-corrected chi connectivity index (χ4v) is 3.94. The Bertz CT molecular complexity index is 1010. The lowest BCUT2D eigenvalue weighted by Gasteiger charge is -2.35. The van der Waals surface area contributed by atoms with Crippen LogP contribution in [0.25, 0.3) is 10.9 Å². The molecule has 1 aromatic carbocycles. The molecule has 3 heterocycles. The van der Waals surface area contributed by atoms with Crippen molar-refractivity contribution in [1.82, 2.24) is 14.9 Å². The molecule has 1 saturated heterocycles. The molecule has 3 aromatic rings. The molecule has 1 aliphatic rings. The molecule has 0 atom stereocenters. The van der Waals surface area contributed by atoms with Gasteiger partial charge in [-0.05, 0) is 50.1 Å². The van der Waals surface area contributed by atoms with Crippen molar-refractivity contribution in [2.75, 3.05) is 50.8 Å². The van der Waals surface area contributed by atoms with Crippen LogP contribution in [0.1, 0.15) is 40.0 Å². The lowest BCUT2D eigenvalue weighted by Crippen LogP contribution is -2.47. The number of phenolic OH excluding ortho intramolecular Hbond substituents is 1. The van der Waals surface area contributed by atoms with Gasteiger partial charge in [0.2, 0.25) is 5.88 Å². The summed E-state index contributed by atoms with van der Waals surface area (Å²) in [6.45, 7) is 12.5. The number of unbranched alkanes of at least 4 members (excludes halogenated alkanes) is 1. The van der Waals surface area contributed by atoms with E-state index in [4.69, 9.17) is 9.47 Å². The molecule has 34 heavy (non-hydrogen) atoms. The molecular formula is C27H38N4O3. The summed E-state index contributed by atoms with van der Waals surface area (Å²) in [6, 6.07) is 13.1. The van der Waals surface area contributed by atoms with Crippen molar-refractivity contribution in [3.05, 3.63) is 48.7 Å². The number of phenols is 1. The Balaban J connectivity index is 0.00000158. The number of aromatic hydroxyl groups is 1. The van der Waals surface area contributed by atoms with Crippen LogP contribution in [0.15, 0.2) is 48.7 Å². The number of anilines is 1. The lowest BCUT2D eigenvalue weighted by molar-refractivity contribution is 0.235. The second-order valence-corrected chi connectivity index (χ2v) is 8.06. The number of para-hydroxylation sites is 1. The Labute approximate surface area is 203 Å². The number of aromatic nitrogens is 2. The minimum Gasteiger partial charge on any atom is -0.506 e. The van der Waals surface area contributed by atoms with Crippen molar-refractivity contribution in [2.45, 2.75) is 40.0 Å². The van der Waals surface area contributed by atoms with Crippen LogP contribution in [0.4, 0.5) is 5.82 Å². The molecule has 0 unspecified atom stereocenters. The van der Waals surface area contributed by atoms with Crippen molar-refractivity contribution < 1.29 is 14.6 Å². The highest BCUT2D eigenvalue weighted by atomic mass is 16.5. The van der Waals surface area contributed by atoms with Crippen LogP contribution in [-0.4, -0.2) is 65.9 Å². The number of ether oxygens (including phenoxy) is 2. The van der Waals surface area contributed by atoms with E-state index in [9.17, 15) is 5.11 Å². The lowest BCUT2D eigenvalue weighted by atomic mass is 10.2. The number of hydrogen-bond donors (Lipinski definition) is 1. The summed E-state index contributed by atoms with van der Waals surface area (Å²) >= 11 is 0. The number of pyridine rings is 2. The van der Waals surface area contributed by atoms with E-state index in [1.54, 1.807) is 6.07 Å². The summed E-state index contributed by atoms with van der Waals surface area (Å²) in [7, 11) is 0. The fourth-order valence-electron chi connectivity index (χ4n) is 3.94. The third-order valence-electron chi connectivity index (χ3n) is 5.68. The summed E-state index contributed by atoms with van der Waals surface area (Å²) < 4.78 is 11.7. The molecule has 0 aliphatic carbocycles. The Kier molecular flexibility index (Phi) is 10.2. The van der Waals surface area contributed by atoms with E-state index in [1.807, 2.05) is 56.4 Å². The highest BCUT2D eigenvalue weighted by Crippen LogP contribution is 2.27. The molecule has 184 valence electrons. The average Bonchev–Trinajstić information content (AvgIpc) is 2.89. The van der Waals surface area contributed by atoms with E-state index in [2.05, 4.69) is 26.7 Å². The summed E-state index contributed by atoms with van der Waals surface area (Å²) in [4.78, 5) is 13.8. The topological polar surface area (TPSA) is 71.0 Å². The molecule has 0 bridgehead atoms. The molecule has 1 fully saturated rings. The van der Waals surface area contributed by atoms with Crippen LogP contribution < -0.4 is 14.4 Å². The van der Waals surface area contributed by atoms with E-state index >= 15 is 0 Å².